The van der Waals surface area contributed by atoms with Crippen LogP contribution >= 0.6 is 0 Å². The molecule has 170 valence electrons. The second-order valence-electron chi connectivity index (χ2n) is 9.91. The molecule has 0 unspecified atom stereocenters. The van der Waals surface area contributed by atoms with E-state index in [9.17, 15) is 18.4 Å². The van der Waals surface area contributed by atoms with Gasteiger partial charge in [-0.25, -0.2) is 18.3 Å². The summed E-state index contributed by atoms with van der Waals surface area (Å²) in [5.74, 6) is -0.987. The number of carbonyl (C=O) groups is 2. The van der Waals surface area contributed by atoms with Crippen LogP contribution in [0, 0.1) is 17.6 Å². The molecule has 2 fully saturated rings. The van der Waals surface area contributed by atoms with E-state index in [4.69, 9.17) is 4.74 Å². The standard InChI is InChI=1S/C23H26F2N4O3/c1-23(2,3)32-22(31)28-7-6-14(11-28)26-21(30)19-16-9-12-8-15(12)20(16)29(27-19)18-5-4-13(24)10-17(18)25/h4-5,10,12,14-15H,6-9,11H2,1-3H3,(H,26,30)/t12-,14+,15-/m1/s1. The van der Waals surface area contributed by atoms with Gasteiger partial charge >= 0.3 is 6.09 Å². The van der Waals surface area contributed by atoms with Gasteiger partial charge in [-0.05, 0) is 58.1 Å². The molecule has 2 aromatic rings. The number of ether oxygens (including phenoxy) is 1. The van der Waals surface area contributed by atoms with Crippen molar-refractivity contribution < 1.29 is 23.1 Å². The number of hydrogen-bond donors (Lipinski definition) is 1. The van der Waals surface area contributed by atoms with Crippen molar-refractivity contribution in [2.75, 3.05) is 13.1 Å². The van der Waals surface area contributed by atoms with E-state index in [0.717, 1.165) is 30.2 Å². The van der Waals surface area contributed by atoms with Crippen molar-refractivity contribution in [3.63, 3.8) is 0 Å². The van der Waals surface area contributed by atoms with E-state index in [1.165, 1.54) is 16.8 Å². The first-order chi connectivity index (χ1) is 15.1. The molecule has 1 N–H and O–H groups in total. The van der Waals surface area contributed by atoms with E-state index in [-0.39, 0.29) is 29.2 Å². The number of hydrogen-bond acceptors (Lipinski definition) is 4. The molecule has 5 rings (SSSR count). The van der Waals surface area contributed by atoms with Crippen LogP contribution in [0.3, 0.4) is 0 Å². The lowest BCUT2D eigenvalue weighted by molar-refractivity contribution is 0.0290. The van der Waals surface area contributed by atoms with Gasteiger partial charge in [-0.15, -0.1) is 0 Å². The molecule has 9 heteroatoms. The SMILES string of the molecule is CC(C)(C)OC(=O)N1CC[C@H](NC(=O)c2nn(-c3ccc(F)cc3F)c3c2C[C@H]2C[C@@H]32)C1. The molecular weight excluding hydrogens is 418 g/mol. The summed E-state index contributed by atoms with van der Waals surface area (Å²) in [6, 6.07) is 3.15. The lowest BCUT2D eigenvalue weighted by atomic mass is 10.1. The quantitative estimate of drug-likeness (QED) is 0.786. The van der Waals surface area contributed by atoms with Gasteiger partial charge in [-0.3, -0.25) is 4.79 Å². The van der Waals surface area contributed by atoms with Gasteiger partial charge in [-0.1, -0.05) is 0 Å². The lowest BCUT2D eigenvalue weighted by Crippen LogP contribution is -2.40. The topological polar surface area (TPSA) is 76.5 Å². The number of nitrogens with zero attached hydrogens (tertiary/aromatic N) is 3. The summed E-state index contributed by atoms with van der Waals surface area (Å²) in [5.41, 5.74) is 1.54. The number of carbonyl (C=O) groups excluding carboxylic acids is 2. The average Bonchev–Trinajstić information content (AvgIpc) is 3.04. The maximum Gasteiger partial charge on any atom is 0.410 e. The van der Waals surface area contributed by atoms with Crippen LogP contribution in [0.1, 0.15) is 61.3 Å². The monoisotopic (exact) mass is 444 g/mol. The van der Waals surface area contributed by atoms with E-state index in [0.29, 0.717) is 25.4 Å². The molecule has 3 aliphatic rings. The Morgan fingerprint density at radius 2 is 2.03 bits per heavy atom. The summed E-state index contributed by atoms with van der Waals surface area (Å²) in [6.45, 7) is 6.29. The Morgan fingerprint density at radius 1 is 1.25 bits per heavy atom. The van der Waals surface area contributed by atoms with E-state index in [1.54, 1.807) is 4.90 Å². The highest BCUT2D eigenvalue weighted by atomic mass is 19.1. The van der Waals surface area contributed by atoms with E-state index >= 15 is 0 Å². The second-order valence-corrected chi connectivity index (χ2v) is 9.91. The second kappa shape index (κ2) is 7.28. The zero-order valence-corrected chi connectivity index (χ0v) is 18.3. The van der Waals surface area contributed by atoms with Crippen molar-refractivity contribution in [1.82, 2.24) is 20.0 Å². The van der Waals surface area contributed by atoms with Crippen LogP contribution < -0.4 is 5.32 Å². The lowest BCUT2D eigenvalue weighted by Gasteiger charge is -2.24. The summed E-state index contributed by atoms with van der Waals surface area (Å²) < 4.78 is 34.7. The number of likely N-dealkylation sites (tertiary alicyclic amines) is 1. The Labute approximate surface area is 184 Å². The van der Waals surface area contributed by atoms with Gasteiger partial charge in [0.1, 0.15) is 17.1 Å². The van der Waals surface area contributed by atoms with Crippen LogP contribution in [0.2, 0.25) is 0 Å². The number of benzene rings is 1. The Bertz CT molecular complexity index is 1110. The largest absolute Gasteiger partial charge is 0.444 e. The summed E-state index contributed by atoms with van der Waals surface area (Å²) in [4.78, 5) is 27.0. The Morgan fingerprint density at radius 3 is 2.75 bits per heavy atom. The van der Waals surface area contributed by atoms with Gasteiger partial charge in [0.2, 0.25) is 0 Å². The zero-order chi connectivity index (χ0) is 22.8. The van der Waals surface area contributed by atoms with Gasteiger partial charge < -0.3 is 15.0 Å². The van der Waals surface area contributed by atoms with Crippen LogP contribution in [0.4, 0.5) is 13.6 Å². The Balaban J connectivity index is 1.34. The fraction of sp³-hybridized carbons (Fsp3) is 0.522. The molecule has 1 aromatic carbocycles. The number of nitrogens with one attached hydrogen (secondary N) is 1. The van der Waals surface area contributed by atoms with Crippen molar-refractivity contribution in [3.05, 3.63) is 46.8 Å². The summed E-state index contributed by atoms with van der Waals surface area (Å²) in [7, 11) is 0. The van der Waals surface area contributed by atoms with Crippen LogP contribution in [0.15, 0.2) is 18.2 Å². The maximum atomic E-state index is 14.5. The third kappa shape index (κ3) is 3.73. The van der Waals surface area contributed by atoms with Crippen LogP contribution in [-0.4, -0.2) is 51.4 Å². The van der Waals surface area contributed by atoms with Gasteiger partial charge in [0.25, 0.3) is 5.91 Å². The molecule has 0 bridgehead atoms. The Hall–Kier alpha value is -2.97. The zero-order valence-electron chi connectivity index (χ0n) is 18.3. The number of halogens is 2. The molecule has 32 heavy (non-hydrogen) atoms. The molecule has 2 heterocycles. The third-order valence-electron chi connectivity index (χ3n) is 6.29. The summed E-state index contributed by atoms with van der Waals surface area (Å²) in [6.07, 6.45) is 1.95. The fourth-order valence-electron chi connectivity index (χ4n) is 4.76. The van der Waals surface area contributed by atoms with Gasteiger partial charge in [0.05, 0.1) is 5.69 Å². The molecule has 1 aromatic heterocycles. The fourth-order valence-corrected chi connectivity index (χ4v) is 4.76. The average molecular weight is 444 g/mol. The van der Waals surface area contributed by atoms with E-state index < -0.39 is 23.3 Å². The van der Waals surface area contributed by atoms with Crippen LogP contribution in [0.25, 0.3) is 5.69 Å². The van der Waals surface area contributed by atoms with Crippen molar-refractivity contribution in [2.45, 2.75) is 57.6 Å². The molecule has 0 radical (unpaired) electrons. The highest BCUT2D eigenvalue weighted by Gasteiger charge is 2.50. The van der Waals surface area contributed by atoms with Crippen LogP contribution in [-0.2, 0) is 11.2 Å². The third-order valence-corrected chi connectivity index (χ3v) is 6.29. The molecule has 2 amide bonds. The Kier molecular flexibility index (Phi) is 4.76. The van der Waals surface area contributed by atoms with E-state index in [1.807, 2.05) is 20.8 Å². The van der Waals surface area contributed by atoms with Crippen molar-refractivity contribution in [1.29, 1.82) is 0 Å². The minimum absolute atomic E-state index is 0.145. The predicted octanol–water partition coefficient (Wildman–Crippen LogP) is 3.55. The smallest absolute Gasteiger partial charge is 0.410 e. The number of fused-ring (bicyclic) bond motifs is 3. The highest BCUT2D eigenvalue weighted by molar-refractivity contribution is 5.95. The maximum absolute atomic E-state index is 14.5. The van der Waals surface area contributed by atoms with Crippen molar-refractivity contribution in [2.24, 2.45) is 5.92 Å². The number of aromatic nitrogens is 2. The minimum Gasteiger partial charge on any atom is -0.444 e. The normalized spacial score (nSPS) is 23.7. The first-order valence-electron chi connectivity index (χ1n) is 11.0. The molecule has 1 saturated carbocycles. The van der Waals surface area contributed by atoms with Gasteiger partial charge in [0.15, 0.2) is 11.5 Å². The highest BCUT2D eigenvalue weighted by Crippen LogP contribution is 2.57. The molecule has 1 aliphatic heterocycles. The molecule has 0 spiro atoms. The van der Waals surface area contributed by atoms with Crippen molar-refractivity contribution in [3.8, 4) is 5.69 Å². The van der Waals surface area contributed by atoms with E-state index in [2.05, 4.69) is 10.4 Å². The molecule has 3 atom stereocenters. The summed E-state index contributed by atoms with van der Waals surface area (Å²) >= 11 is 0. The van der Waals surface area contributed by atoms with Gasteiger partial charge in [0, 0.05) is 36.7 Å². The first kappa shape index (κ1) is 20.9. The predicted molar refractivity (Wildman–Crippen MR) is 112 cm³/mol. The minimum atomic E-state index is -0.713. The molecule has 1 saturated heterocycles. The molecule has 7 nitrogen and oxygen atoms in total. The van der Waals surface area contributed by atoms with Gasteiger partial charge in [-0.2, -0.15) is 5.10 Å². The number of amides is 2. The molecular formula is C23H26F2N4O3. The summed E-state index contributed by atoms with van der Waals surface area (Å²) in [5, 5.41) is 7.42. The molecule has 2 aliphatic carbocycles. The van der Waals surface area contributed by atoms with Crippen LogP contribution in [0.5, 0.6) is 0 Å². The van der Waals surface area contributed by atoms with Crippen molar-refractivity contribution >= 4 is 12.0 Å². The first-order valence-corrected chi connectivity index (χ1v) is 11.0. The number of rotatable bonds is 3.